The Hall–Kier alpha value is -0.790. The second kappa shape index (κ2) is 6.58. The van der Waals surface area contributed by atoms with Crippen LogP contribution in [0.3, 0.4) is 0 Å². The van der Waals surface area contributed by atoms with Crippen LogP contribution in [0.15, 0.2) is 17.0 Å². The maximum absolute atomic E-state index is 13.9. The molecule has 0 saturated carbocycles. The van der Waals surface area contributed by atoms with Crippen molar-refractivity contribution in [1.29, 1.82) is 0 Å². The average Bonchev–Trinajstić information content (AvgIpc) is 2.30. The summed E-state index contributed by atoms with van der Waals surface area (Å²) in [5.41, 5.74) is 6.03. The zero-order valence-electron chi connectivity index (χ0n) is 11.2. The molecular weight excluding hydrogens is 287 g/mol. The van der Waals surface area contributed by atoms with Gasteiger partial charge in [0.25, 0.3) is 0 Å². The van der Waals surface area contributed by atoms with Crippen molar-refractivity contribution >= 4 is 27.5 Å². The fourth-order valence-electron chi connectivity index (χ4n) is 1.64. The van der Waals surface area contributed by atoms with Crippen LogP contribution in [0.1, 0.15) is 18.9 Å². The zero-order valence-corrected chi connectivity index (χ0v) is 12.9. The van der Waals surface area contributed by atoms with Crippen molar-refractivity contribution < 1.29 is 12.8 Å². The van der Waals surface area contributed by atoms with Gasteiger partial charge in [0, 0.05) is 11.7 Å². The Morgan fingerprint density at radius 3 is 2.68 bits per heavy atom. The number of halogens is 1. The van der Waals surface area contributed by atoms with Gasteiger partial charge in [-0.25, -0.2) is 17.5 Å². The lowest BCUT2D eigenvalue weighted by atomic mass is 10.2. The van der Waals surface area contributed by atoms with E-state index in [1.54, 1.807) is 18.7 Å². The highest BCUT2D eigenvalue weighted by Gasteiger charge is 2.22. The highest BCUT2D eigenvalue weighted by Crippen LogP contribution is 2.22. The first-order valence-corrected chi connectivity index (χ1v) is 8.72. The van der Waals surface area contributed by atoms with Gasteiger partial charge in [0.05, 0.1) is 0 Å². The van der Waals surface area contributed by atoms with Crippen LogP contribution < -0.4 is 10.5 Å². The van der Waals surface area contributed by atoms with Gasteiger partial charge >= 0.3 is 0 Å². The second-order valence-corrected chi connectivity index (χ2v) is 7.12. The largest absolute Gasteiger partial charge is 0.399 e. The molecule has 0 amide bonds. The molecule has 3 N–H and O–H groups in total. The van der Waals surface area contributed by atoms with Crippen LogP contribution in [0.25, 0.3) is 0 Å². The number of aryl methyl sites for hydroxylation is 1. The highest BCUT2D eigenvalue weighted by atomic mass is 32.2. The van der Waals surface area contributed by atoms with Gasteiger partial charge < -0.3 is 5.73 Å². The summed E-state index contributed by atoms with van der Waals surface area (Å²) in [7, 11) is -3.88. The maximum Gasteiger partial charge on any atom is 0.243 e. The van der Waals surface area contributed by atoms with E-state index < -0.39 is 15.8 Å². The molecule has 1 rings (SSSR count). The van der Waals surface area contributed by atoms with Gasteiger partial charge in [-0.3, -0.25) is 0 Å². The molecular formula is C12H19FN2O2S2. The number of nitrogens with one attached hydrogen (secondary N) is 1. The number of nitrogens with two attached hydrogens (primary N) is 1. The van der Waals surface area contributed by atoms with Gasteiger partial charge in [0.2, 0.25) is 10.0 Å². The minimum atomic E-state index is -3.88. The molecule has 7 heteroatoms. The van der Waals surface area contributed by atoms with Gasteiger partial charge in [-0.05, 0) is 50.0 Å². The molecule has 1 aromatic carbocycles. The van der Waals surface area contributed by atoms with Crippen molar-refractivity contribution in [1.82, 2.24) is 4.72 Å². The summed E-state index contributed by atoms with van der Waals surface area (Å²) in [5, 5.41) is 0. The molecule has 0 aliphatic carbocycles. The Morgan fingerprint density at radius 1 is 1.47 bits per heavy atom. The summed E-state index contributed by atoms with van der Waals surface area (Å²) in [4.78, 5) is -0.388. The molecule has 0 spiro atoms. The van der Waals surface area contributed by atoms with E-state index in [1.807, 2.05) is 6.26 Å². The smallest absolute Gasteiger partial charge is 0.243 e. The molecule has 0 aromatic heterocycles. The van der Waals surface area contributed by atoms with E-state index in [2.05, 4.69) is 4.72 Å². The Morgan fingerprint density at radius 2 is 2.11 bits per heavy atom. The molecule has 0 bridgehead atoms. The Balaban J connectivity index is 3.01. The molecule has 0 radical (unpaired) electrons. The molecule has 1 atom stereocenters. The predicted molar refractivity (Wildman–Crippen MR) is 78.3 cm³/mol. The molecule has 4 nitrogen and oxygen atoms in total. The van der Waals surface area contributed by atoms with Crippen molar-refractivity contribution in [3.05, 3.63) is 23.5 Å². The Kier molecular flexibility index (Phi) is 5.64. The number of anilines is 1. The van der Waals surface area contributed by atoms with Gasteiger partial charge in [0.1, 0.15) is 10.7 Å². The predicted octanol–water partition coefficient (Wildman–Crippen LogP) is 2.14. The van der Waals surface area contributed by atoms with Crippen molar-refractivity contribution in [2.45, 2.75) is 31.2 Å². The Labute approximate surface area is 118 Å². The maximum atomic E-state index is 13.9. The van der Waals surface area contributed by atoms with E-state index in [0.29, 0.717) is 6.42 Å². The van der Waals surface area contributed by atoms with E-state index in [0.717, 1.165) is 11.8 Å². The quantitative estimate of drug-likeness (QED) is 0.790. The van der Waals surface area contributed by atoms with Crippen LogP contribution in [0, 0.1) is 12.7 Å². The normalized spacial score (nSPS) is 13.5. The lowest BCUT2D eigenvalue weighted by molar-refractivity contribution is 0.538. The number of hydrogen-bond donors (Lipinski definition) is 2. The summed E-state index contributed by atoms with van der Waals surface area (Å²) in [6.45, 7) is 3.24. The van der Waals surface area contributed by atoms with E-state index >= 15 is 0 Å². The minimum absolute atomic E-state index is 0.220. The third-order valence-corrected chi connectivity index (χ3v) is 4.88. The standard InChI is InChI=1S/C12H19FN2O2S2/c1-8-6-10(14)7-11(12(8)13)19(16,17)15-9(2)4-5-18-3/h6-7,9,15H,4-5,14H2,1-3H3. The van der Waals surface area contributed by atoms with Gasteiger partial charge in [-0.15, -0.1) is 0 Å². The van der Waals surface area contributed by atoms with Gasteiger partial charge in [-0.2, -0.15) is 11.8 Å². The third kappa shape index (κ3) is 4.36. The van der Waals surface area contributed by atoms with Crippen molar-refractivity contribution in [2.75, 3.05) is 17.7 Å². The summed E-state index contributed by atoms with van der Waals surface area (Å²) < 4.78 is 40.6. The number of benzene rings is 1. The van der Waals surface area contributed by atoms with Crippen molar-refractivity contribution in [3.63, 3.8) is 0 Å². The van der Waals surface area contributed by atoms with E-state index in [4.69, 9.17) is 5.73 Å². The molecule has 0 fully saturated rings. The van der Waals surface area contributed by atoms with Crippen molar-refractivity contribution in [2.24, 2.45) is 0 Å². The summed E-state index contributed by atoms with van der Waals surface area (Å²) >= 11 is 1.63. The number of rotatable bonds is 6. The molecule has 1 unspecified atom stereocenters. The Bertz CT molecular complexity index is 547. The first-order chi connectivity index (χ1) is 8.77. The van der Waals surface area contributed by atoms with Crippen LogP contribution in [-0.4, -0.2) is 26.5 Å². The lowest BCUT2D eigenvalue weighted by Gasteiger charge is -2.15. The van der Waals surface area contributed by atoms with E-state index in [9.17, 15) is 12.8 Å². The topological polar surface area (TPSA) is 72.2 Å². The SMILES string of the molecule is CSCCC(C)NS(=O)(=O)c1cc(N)cc(C)c1F. The number of hydrogen-bond acceptors (Lipinski definition) is 4. The van der Waals surface area contributed by atoms with Crippen molar-refractivity contribution in [3.8, 4) is 0 Å². The molecule has 0 aliphatic rings. The second-order valence-electron chi connectivity index (χ2n) is 4.45. The van der Waals surface area contributed by atoms with Crippen LogP contribution in [0.2, 0.25) is 0 Å². The van der Waals surface area contributed by atoms with Gasteiger partial charge in [0.15, 0.2) is 0 Å². The average molecular weight is 306 g/mol. The molecule has 0 saturated heterocycles. The molecule has 108 valence electrons. The van der Waals surface area contributed by atoms with Crippen LogP contribution in [-0.2, 0) is 10.0 Å². The fraction of sp³-hybridized carbons (Fsp3) is 0.500. The summed E-state index contributed by atoms with van der Waals surface area (Å²) in [6.07, 6.45) is 2.63. The molecule has 19 heavy (non-hydrogen) atoms. The van der Waals surface area contributed by atoms with Crippen LogP contribution >= 0.6 is 11.8 Å². The lowest BCUT2D eigenvalue weighted by Crippen LogP contribution is -2.33. The van der Waals surface area contributed by atoms with Crippen LogP contribution in [0.5, 0.6) is 0 Å². The highest BCUT2D eigenvalue weighted by molar-refractivity contribution is 7.98. The number of thioether (sulfide) groups is 1. The van der Waals surface area contributed by atoms with Crippen LogP contribution in [0.4, 0.5) is 10.1 Å². The molecule has 1 aromatic rings. The number of sulfonamides is 1. The monoisotopic (exact) mass is 306 g/mol. The zero-order chi connectivity index (χ0) is 14.6. The van der Waals surface area contributed by atoms with Gasteiger partial charge in [-0.1, -0.05) is 0 Å². The summed E-state index contributed by atoms with van der Waals surface area (Å²) in [6, 6.07) is 2.30. The van der Waals surface area contributed by atoms with E-state index in [-0.39, 0.29) is 22.2 Å². The number of nitrogen functional groups attached to an aromatic ring is 1. The summed E-state index contributed by atoms with van der Waals surface area (Å²) in [5.74, 6) is 0.0843. The first-order valence-electron chi connectivity index (χ1n) is 5.85. The molecule has 0 aliphatic heterocycles. The fourth-order valence-corrected chi connectivity index (χ4v) is 3.69. The van der Waals surface area contributed by atoms with E-state index in [1.165, 1.54) is 13.0 Å². The molecule has 0 heterocycles. The minimum Gasteiger partial charge on any atom is -0.399 e. The first kappa shape index (κ1) is 16.3. The third-order valence-electron chi connectivity index (χ3n) is 2.64.